The number of nitrogens with zero attached hydrogens (tertiary/aromatic N) is 2. The van der Waals surface area contributed by atoms with Crippen LogP contribution in [0.2, 0.25) is 0 Å². The molecule has 0 bridgehead atoms. The molecule has 1 aromatic carbocycles. The zero-order chi connectivity index (χ0) is 17.3. The van der Waals surface area contributed by atoms with E-state index in [1.54, 1.807) is 0 Å². The van der Waals surface area contributed by atoms with Crippen LogP contribution in [0.3, 0.4) is 0 Å². The summed E-state index contributed by atoms with van der Waals surface area (Å²) in [5, 5.41) is 6.62. The highest BCUT2D eigenvalue weighted by atomic mass is 16.5. The molecule has 0 aromatic heterocycles. The van der Waals surface area contributed by atoms with Crippen LogP contribution in [0.15, 0.2) is 29.3 Å². The fourth-order valence-corrected chi connectivity index (χ4v) is 3.20. The maximum absolute atomic E-state index is 5.95. The Labute approximate surface area is 150 Å². The van der Waals surface area contributed by atoms with Crippen molar-refractivity contribution >= 4 is 5.96 Å². The van der Waals surface area contributed by atoms with Crippen LogP contribution < -0.4 is 15.4 Å². The standard InChI is InChI=1S/C19H30N4O2/c1-23(17-6-11-24-12-7-17)10-13-25-18-5-2-4-16(14-18)15-22-19-20-8-3-9-21-19/h2,4-5,14,17H,3,6-13,15H2,1H3,(H2,20,21,22). The van der Waals surface area contributed by atoms with Gasteiger partial charge < -0.3 is 20.1 Å². The SMILES string of the molecule is CN(CCOc1cccc(CNC2=NCCCN2)c1)C1CCOCC1. The normalized spacial score (nSPS) is 18.6. The molecule has 0 amide bonds. The van der Waals surface area contributed by atoms with E-state index in [1.807, 2.05) is 12.1 Å². The minimum Gasteiger partial charge on any atom is -0.492 e. The van der Waals surface area contributed by atoms with E-state index in [-0.39, 0.29) is 0 Å². The van der Waals surface area contributed by atoms with Crippen molar-refractivity contribution in [1.82, 2.24) is 15.5 Å². The predicted octanol–water partition coefficient (Wildman–Crippen LogP) is 1.62. The Kier molecular flexibility index (Phi) is 6.94. The minimum atomic E-state index is 0.622. The number of ether oxygens (including phenoxy) is 2. The monoisotopic (exact) mass is 346 g/mol. The van der Waals surface area contributed by atoms with Crippen molar-refractivity contribution in [2.24, 2.45) is 4.99 Å². The zero-order valence-electron chi connectivity index (χ0n) is 15.2. The molecule has 0 atom stereocenters. The number of nitrogens with one attached hydrogen (secondary N) is 2. The maximum Gasteiger partial charge on any atom is 0.191 e. The Morgan fingerprint density at radius 2 is 2.24 bits per heavy atom. The second-order valence-corrected chi connectivity index (χ2v) is 6.68. The fraction of sp³-hybridized carbons (Fsp3) is 0.632. The van der Waals surface area contributed by atoms with E-state index in [0.29, 0.717) is 12.6 Å². The number of rotatable bonds is 7. The second kappa shape index (κ2) is 9.63. The van der Waals surface area contributed by atoms with Crippen LogP contribution in [0.4, 0.5) is 0 Å². The van der Waals surface area contributed by atoms with Gasteiger partial charge in [-0.2, -0.15) is 0 Å². The highest BCUT2D eigenvalue weighted by molar-refractivity contribution is 5.80. The third kappa shape index (κ3) is 5.90. The average molecular weight is 346 g/mol. The highest BCUT2D eigenvalue weighted by Crippen LogP contribution is 2.15. The smallest absolute Gasteiger partial charge is 0.191 e. The van der Waals surface area contributed by atoms with Gasteiger partial charge in [0.2, 0.25) is 0 Å². The summed E-state index contributed by atoms with van der Waals surface area (Å²) in [4.78, 5) is 6.82. The van der Waals surface area contributed by atoms with Crippen LogP contribution in [-0.4, -0.2) is 63.4 Å². The van der Waals surface area contributed by atoms with Gasteiger partial charge in [0.25, 0.3) is 0 Å². The lowest BCUT2D eigenvalue weighted by Crippen LogP contribution is -2.40. The van der Waals surface area contributed by atoms with Crippen LogP contribution in [0, 0.1) is 0 Å². The van der Waals surface area contributed by atoms with Gasteiger partial charge in [0.1, 0.15) is 12.4 Å². The highest BCUT2D eigenvalue weighted by Gasteiger charge is 2.17. The van der Waals surface area contributed by atoms with Gasteiger partial charge in [0.05, 0.1) is 0 Å². The van der Waals surface area contributed by atoms with Gasteiger partial charge in [-0.3, -0.25) is 9.89 Å². The van der Waals surface area contributed by atoms with E-state index in [4.69, 9.17) is 9.47 Å². The Hall–Kier alpha value is -1.79. The Balaban J connectivity index is 1.41. The average Bonchev–Trinajstić information content (AvgIpc) is 2.68. The van der Waals surface area contributed by atoms with Gasteiger partial charge in [-0.25, -0.2) is 0 Å². The first-order chi connectivity index (χ1) is 12.3. The van der Waals surface area contributed by atoms with E-state index in [9.17, 15) is 0 Å². The molecule has 1 aromatic rings. The van der Waals surface area contributed by atoms with E-state index >= 15 is 0 Å². The van der Waals surface area contributed by atoms with Gasteiger partial charge in [-0.15, -0.1) is 0 Å². The van der Waals surface area contributed by atoms with E-state index in [0.717, 1.165) is 70.4 Å². The van der Waals surface area contributed by atoms with Gasteiger partial charge in [0.15, 0.2) is 5.96 Å². The third-order valence-electron chi connectivity index (χ3n) is 4.78. The van der Waals surface area contributed by atoms with Crippen LogP contribution in [0.25, 0.3) is 0 Å². The molecule has 0 saturated carbocycles. The zero-order valence-corrected chi connectivity index (χ0v) is 15.2. The third-order valence-corrected chi connectivity index (χ3v) is 4.78. The van der Waals surface area contributed by atoms with Crippen molar-refractivity contribution in [1.29, 1.82) is 0 Å². The molecule has 0 aliphatic carbocycles. The van der Waals surface area contributed by atoms with Crippen LogP contribution in [0.5, 0.6) is 5.75 Å². The molecule has 6 heteroatoms. The Morgan fingerprint density at radius 3 is 3.04 bits per heavy atom. The summed E-state index contributed by atoms with van der Waals surface area (Å²) in [6.45, 7) is 6.06. The summed E-state index contributed by atoms with van der Waals surface area (Å²) in [5.74, 6) is 1.83. The number of guanidine groups is 1. The summed E-state index contributed by atoms with van der Waals surface area (Å²) >= 11 is 0. The maximum atomic E-state index is 5.95. The number of hydrogen-bond acceptors (Lipinski definition) is 6. The first-order valence-electron chi connectivity index (χ1n) is 9.33. The summed E-state index contributed by atoms with van der Waals surface area (Å²) < 4.78 is 11.4. The number of aliphatic imine (C=N–C) groups is 1. The molecule has 1 saturated heterocycles. The Bertz CT molecular complexity index is 558. The first kappa shape index (κ1) is 18.0. The summed E-state index contributed by atoms with van der Waals surface area (Å²) in [7, 11) is 2.18. The molecule has 2 heterocycles. The molecule has 2 N–H and O–H groups in total. The lowest BCUT2D eigenvalue weighted by atomic mass is 10.1. The van der Waals surface area contributed by atoms with Gasteiger partial charge in [-0.1, -0.05) is 12.1 Å². The number of likely N-dealkylation sites (N-methyl/N-ethyl adjacent to an activating group) is 1. The topological polar surface area (TPSA) is 58.1 Å². The number of benzene rings is 1. The Morgan fingerprint density at radius 1 is 1.36 bits per heavy atom. The molecule has 25 heavy (non-hydrogen) atoms. The van der Waals surface area contributed by atoms with Crippen molar-refractivity contribution in [2.45, 2.75) is 31.8 Å². The van der Waals surface area contributed by atoms with Crippen molar-refractivity contribution in [3.05, 3.63) is 29.8 Å². The van der Waals surface area contributed by atoms with Crippen LogP contribution in [-0.2, 0) is 11.3 Å². The van der Waals surface area contributed by atoms with E-state index in [2.05, 4.69) is 39.7 Å². The van der Waals surface area contributed by atoms with Crippen molar-refractivity contribution in [3.63, 3.8) is 0 Å². The first-order valence-corrected chi connectivity index (χ1v) is 9.33. The molecular weight excluding hydrogens is 316 g/mol. The quantitative estimate of drug-likeness (QED) is 0.786. The molecule has 0 radical (unpaired) electrons. The summed E-state index contributed by atoms with van der Waals surface area (Å²) in [6, 6.07) is 8.90. The lowest BCUT2D eigenvalue weighted by Gasteiger charge is -2.31. The molecule has 2 aliphatic rings. The molecule has 138 valence electrons. The van der Waals surface area contributed by atoms with Gasteiger partial charge >= 0.3 is 0 Å². The molecule has 3 rings (SSSR count). The van der Waals surface area contributed by atoms with Crippen molar-refractivity contribution in [3.8, 4) is 5.75 Å². The van der Waals surface area contributed by atoms with Crippen molar-refractivity contribution < 1.29 is 9.47 Å². The molecule has 0 unspecified atom stereocenters. The van der Waals surface area contributed by atoms with Crippen LogP contribution >= 0.6 is 0 Å². The second-order valence-electron chi connectivity index (χ2n) is 6.68. The molecule has 1 fully saturated rings. The largest absolute Gasteiger partial charge is 0.492 e. The van der Waals surface area contributed by atoms with Gasteiger partial charge in [-0.05, 0) is 44.0 Å². The minimum absolute atomic E-state index is 0.622. The molecule has 6 nitrogen and oxygen atoms in total. The summed E-state index contributed by atoms with van der Waals surface area (Å²) in [6.07, 6.45) is 3.35. The molecule has 0 spiro atoms. The van der Waals surface area contributed by atoms with E-state index in [1.165, 1.54) is 5.56 Å². The lowest BCUT2D eigenvalue weighted by molar-refractivity contribution is 0.0392. The predicted molar refractivity (Wildman–Crippen MR) is 100 cm³/mol. The van der Waals surface area contributed by atoms with E-state index < -0.39 is 0 Å². The molecular formula is C19H30N4O2. The number of hydrogen-bond donors (Lipinski definition) is 2. The van der Waals surface area contributed by atoms with Gasteiger partial charge in [0, 0.05) is 45.4 Å². The summed E-state index contributed by atoms with van der Waals surface area (Å²) in [5.41, 5.74) is 1.20. The van der Waals surface area contributed by atoms with Crippen LogP contribution in [0.1, 0.15) is 24.8 Å². The van der Waals surface area contributed by atoms with Crippen molar-refractivity contribution in [2.75, 3.05) is 46.5 Å². The molecule has 2 aliphatic heterocycles. The fourth-order valence-electron chi connectivity index (χ4n) is 3.20.